The Hall–Kier alpha value is -1.43. The quantitative estimate of drug-likeness (QED) is 0.608. The molecule has 0 spiro atoms. The van der Waals surface area contributed by atoms with Gasteiger partial charge in [0.25, 0.3) is 0 Å². The van der Waals surface area contributed by atoms with Crippen molar-refractivity contribution in [2.45, 2.75) is 13.3 Å². The van der Waals surface area contributed by atoms with Crippen LogP contribution >= 0.6 is 0 Å². The number of sulfone groups is 1. The van der Waals surface area contributed by atoms with Crippen LogP contribution in [-0.2, 0) is 9.84 Å². The number of nitrogens with two attached hydrogens (primary N) is 1. The van der Waals surface area contributed by atoms with Gasteiger partial charge in [-0.15, -0.1) is 0 Å². The first-order chi connectivity index (χ1) is 8.85. The summed E-state index contributed by atoms with van der Waals surface area (Å²) in [6.45, 7) is 2.00. The predicted octanol–water partition coefficient (Wildman–Crippen LogP) is 1.54. The minimum absolute atomic E-state index is 0.150. The highest BCUT2D eigenvalue weighted by Gasteiger charge is 2.08. The number of rotatable bonds is 7. The van der Waals surface area contributed by atoms with Gasteiger partial charge in [0.05, 0.1) is 18.0 Å². The van der Waals surface area contributed by atoms with Gasteiger partial charge < -0.3 is 15.4 Å². The molecule has 0 aliphatic heterocycles. The minimum atomic E-state index is -2.93. The highest BCUT2D eigenvalue weighted by molar-refractivity contribution is 7.91. The molecule has 1 aromatic carbocycles. The van der Waals surface area contributed by atoms with E-state index >= 15 is 0 Å². The third-order valence-electron chi connectivity index (χ3n) is 2.81. The Kier molecular flexibility index (Phi) is 5.47. The maximum atomic E-state index is 11.3. The van der Waals surface area contributed by atoms with E-state index in [0.717, 1.165) is 5.69 Å². The summed E-state index contributed by atoms with van der Waals surface area (Å²) in [6, 6.07) is 5.54. The number of nitrogens with zero attached hydrogens (tertiary/aromatic N) is 1. The molecule has 0 unspecified atom stereocenters. The lowest BCUT2D eigenvalue weighted by molar-refractivity contribution is 0.319. The lowest BCUT2D eigenvalue weighted by Gasteiger charge is -2.15. The van der Waals surface area contributed by atoms with Crippen molar-refractivity contribution in [1.29, 1.82) is 0 Å². The van der Waals surface area contributed by atoms with Gasteiger partial charge in [0.2, 0.25) is 0 Å². The Bertz CT molecular complexity index is 513. The number of nitrogen functional groups attached to an aromatic ring is 1. The fourth-order valence-corrected chi connectivity index (χ4v) is 2.38. The molecule has 108 valence electrons. The molecule has 5 nitrogen and oxygen atoms in total. The van der Waals surface area contributed by atoms with Gasteiger partial charge in [0.1, 0.15) is 15.6 Å². The highest BCUT2D eigenvalue weighted by atomic mass is 32.2. The summed E-state index contributed by atoms with van der Waals surface area (Å²) in [5, 5.41) is 0. The summed E-state index contributed by atoms with van der Waals surface area (Å²) in [4.78, 5) is 1.95. The Morgan fingerprint density at radius 3 is 2.58 bits per heavy atom. The Morgan fingerprint density at radius 2 is 2.00 bits per heavy atom. The van der Waals surface area contributed by atoms with Crippen molar-refractivity contribution in [3.05, 3.63) is 18.2 Å². The number of anilines is 2. The zero-order valence-corrected chi connectivity index (χ0v) is 12.5. The van der Waals surface area contributed by atoms with E-state index in [1.807, 2.05) is 31.1 Å². The van der Waals surface area contributed by atoms with Crippen molar-refractivity contribution >= 4 is 21.2 Å². The molecule has 0 fully saturated rings. The molecular formula is C13H22N2O3S. The number of hydrogen-bond acceptors (Lipinski definition) is 5. The Labute approximate surface area is 115 Å². The maximum Gasteiger partial charge on any atom is 0.150 e. The summed E-state index contributed by atoms with van der Waals surface area (Å²) in [5.74, 6) is 0.919. The van der Waals surface area contributed by atoms with E-state index in [1.54, 1.807) is 13.0 Å². The first-order valence-electron chi connectivity index (χ1n) is 6.26. The first-order valence-corrected chi connectivity index (χ1v) is 8.08. The summed E-state index contributed by atoms with van der Waals surface area (Å²) < 4.78 is 28.2. The molecule has 0 atom stereocenters. The normalized spacial score (nSPS) is 11.3. The van der Waals surface area contributed by atoms with Crippen LogP contribution in [-0.4, -0.2) is 40.6 Å². The van der Waals surface area contributed by atoms with Gasteiger partial charge in [-0.25, -0.2) is 8.42 Å². The van der Waals surface area contributed by atoms with Crippen molar-refractivity contribution in [2.24, 2.45) is 0 Å². The maximum absolute atomic E-state index is 11.3. The number of ether oxygens (including phenoxy) is 1. The molecule has 0 saturated heterocycles. The van der Waals surface area contributed by atoms with Crippen molar-refractivity contribution in [1.82, 2.24) is 0 Å². The van der Waals surface area contributed by atoms with Gasteiger partial charge in [-0.05, 0) is 18.6 Å². The average molecular weight is 286 g/mol. The van der Waals surface area contributed by atoms with E-state index in [2.05, 4.69) is 0 Å². The van der Waals surface area contributed by atoms with Crippen LogP contribution in [0.3, 0.4) is 0 Å². The first kappa shape index (κ1) is 15.6. The molecule has 0 saturated carbocycles. The molecule has 6 heteroatoms. The van der Waals surface area contributed by atoms with Crippen LogP contribution in [0.4, 0.5) is 11.4 Å². The lowest BCUT2D eigenvalue weighted by atomic mass is 10.2. The van der Waals surface area contributed by atoms with Crippen LogP contribution in [0, 0.1) is 0 Å². The summed E-state index contributed by atoms with van der Waals surface area (Å²) in [6.07, 6.45) is 0.474. The third-order valence-corrected chi connectivity index (χ3v) is 4.60. The van der Waals surface area contributed by atoms with Gasteiger partial charge in [-0.2, -0.15) is 0 Å². The van der Waals surface area contributed by atoms with Crippen molar-refractivity contribution in [3.8, 4) is 5.75 Å². The standard InChI is InChI=1S/C13H22N2O3S/c1-4-19(16,17)9-5-8-18-13-10-11(15(2)3)6-7-12(13)14/h6-7,10H,4-5,8-9,14H2,1-3H3. The Morgan fingerprint density at radius 1 is 1.32 bits per heavy atom. The van der Waals surface area contributed by atoms with E-state index in [1.165, 1.54) is 0 Å². The second kappa shape index (κ2) is 6.65. The summed E-state index contributed by atoms with van der Waals surface area (Å²) in [7, 11) is 0.942. The molecule has 0 amide bonds. The molecule has 0 aliphatic rings. The zero-order valence-electron chi connectivity index (χ0n) is 11.7. The molecule has 0 radical (unpaired) electrons. The molecule has 0 bridgehead atoms. The largest absolute Gasteiger partial charge is 0.491 e. The SMILES string of the molecule is CCS(=O)(=O)CCCOc1cc(N(C)C)ccc1N. The van der Waals surface area contributed by atoms with E-state index in [4.69, 9.17) is 10.5 Å². The van der Waals surface area contributed by atoms with Crippen LogP contribution in [0.5, 0.6) is 5.75 Å². The topological polar surface area (TPSA) is 72.6 Å². The second-order valence-electron chi connectivity index (χ2n) is 4.55. The summed E-state index contributed by atoms with van der Waals surface area (Å²) >= 11 is 0. The van der Waals surface area contributed by atoms with Crippen molar-refractivity contribution < 1.29 is 13.2 Å². The molecular weight excluding hydrogens is 264 g/mol. The highest BCUT2D eigenvalue weighted by Crippen LogP contribution is 2.26. The van der Waals surface area contributed by atoms with Crippen LogP contribution in [0.1, 0.15) is 13.3 Å². The van der Waals surface area contributed by atoms with Gasteiger partial charge in [0.15, 0.2) is 0 Å². The number of hydrogen-bond donors (Lipinski definition) is 1. The van der Waals surface area contributed by atoms with Gasteiger partial charge >= 0.3 is 0 Å². The minimum Gasteiger partial charge on any atom is -0.491 e. The van der Waals surface area contributed by atoms with Crippen LogP contribution in [0.15, 0.2) is 18.2 Å². The second-order valence-corrected chi connectivity index (χ2v) is 7.03. The Balaban J connectivity index is 2.56. The van der Waals surface area contributed by atoms with Gasteiger partial charge in [0, 0.05) is 31.6 Å². The van der Waals surface area contributed by atoms with Crippen molar-refractivity contribution in [3.63, 3.8) is 0 Å². The molecule has 1 rings (SSSR count). The molecule has 1 aromatic rings. The van der Waals surface area contributed by atoms with E-state index in [9.17, 15) is 8.42 Å². The third kappa shape index (κ3) is 4.98. The zero-order chi connectivity index (χ0) is 14.5. The van der Waals surface area contributed by atoms with E-state index in [-0.39, 0.29) is 11.5 Å². The van der Waals surface area contributed by atoms with Crippen LogP contribution in [0.2, 0.25) is 0 Å². The molecule has 0 aromatic heterocycles. The monoisotopic (exact) mass is 286 g/mol. The van der Waals surface area contributed by atoms with Gasteiger partial charge in [-0.1, -0.05) is 6.92 Å². The fourth-order valence-electron chi connectivity index (χ4n) is 1.53. The smallest absolute Gasteiger partial charge is 0.150 e. The lowest BCUT2D eigenvalue weighted by Crippen LogP contribution is -2.13. The van der Waals surface area contributed by atoms with Crippen LogP contribution < -0.4 is 15.4 Å². The molecule has 0 aliphatic carbocycles. The fraction of sp³-hybridized carbons (Fsp3) is 0.538. The molecule has 19 heavy (non-hydrogen) atoms. The summed E-state index contributed by atoms with van der Waals surface area (Å²) in [5.41, 5.74) is 7.37. The van der Waals surface area contributed by atoms with Crippen LogP contribution in [0.25, 0.3) is 0 Å². The average Bonchev–Trinajstić information content (AvgIpc) is 2.36. The molecule has 2 N–H and O–H groups in total. The predicted molar refractivity (Wildman–Crippen MR) is 79.6 cm³/mol. The van der Waals surface area contributed by atoms with Crippen molar-refractivity contribution in [2.75, 3.05) is 42.8 Å². The molecule has 0 heterocycles. The van der Waals surface area contributed by atoms with E-state index in [0.29, 0.717) is 24.5 Å². The van der Waals surface area contributed by atoms with E-state index < -0.39 is 9.84 Å². The van der Waals surface area contributed by atoms with Gasteiger partial charge in [-0.3, -0.25) is 0 Å². The number of benzene rings is 1.